The number of methoxy groups -OCH3 is 1. The molecule has 136 valence electrons. The highest BCUT2D eigenvalue weighted by Gasteiger charge is 2.20. The zero-order valence-corrected chi connectivity index (χ0v) is 17.0. The van der Waals surface area contributed by atoms with Crippen LogP contribution >= 0.6 is 24.0 Å². The molecule has 2 rings (SSSR count). The second-order valence-corrected chi connectivity index (χ2v) is 5.93. The maximum Gasteiger partial charge on any atom is 0.191 e. The minimum Gasteiger partial charge on any atom is -0.381 e. The molecule has 1 aliphatic rings. The molecule has 0 amide bonds. The third-order valence-electron chi connectivity index (χ3n) is 3.90. The van der Waals surface area contributed by atoms with E-state index in [1.807, 2.05) is 12.1 Å². The summed E-state index contributed by atoms with van der Waals surface area (Å²) in [5, 5.41) is 6.67. The van der Waals surface area contributed by atoms with Crippen molar-refractivity contribution in [1.82, 2.24) is 10.6 Å². The molecule has 24 heavy (non-hydrogen) atoms. The number of rotatable bonds is 10. The maximum atomic E-state index is 5.63. The Morgan fingerprint density at radius 1 is 1.21 bits per heavy atom. The van der Waals surface area contributed by atoms with Crippen LogP contribution in [0.15, 0.2) is 29.3 Å². The molecular formula is C18H30IN3O2. The van der Waals surface area contributed by atoms with Gasteiger partial charge in [0.05, 0.1) is 6.61 Å². The van der Waals surface area contributed by atoms with Gasteiger partial charge in [0.25, 0.3) is 0 Å². The smallest absolute Gasteiger partial charge is 0.191 e. The summed E-state index contributed by atoms with van der Waals surface area (Å²) in [6.07, 6.45) is 3.69. The van der Waals surface area contributed by atoms with E-state index in [4.69, 9.17) is 9.47 Å². The van der Waals surface area contributed by atoms with Crippen LogP contribution in [0.1, 0.15) is 30.4 Å². The Bertz CT molecular complexity index is 493. The molecule has 0 aromatic heterocycles. The Morgan fingerprint density at radius 2 is 1.96 bits per heavy atom. The third kappa shape index (κ3) is 8.30. The molecule has 1 aromatic rings. The van der Waals surface area contributed by atoms with E-state index in [0.29, 0.717) is 6.61 Å². The molecule has 0 bridgehead atoms. The fourth-order valence-electron chi connectivity index (χ4n) is 2.34. The highest BCUT2D eigenvalue weighted by molar-refractivity contribution is 14.0. The van der Waals surface area contributed by atoms with E-state index >= 15 is 0 Å². The molecule has 2 N–H and O–H groups in total. The number of guanidine groups is 1. The molecule has 1 fully saturated rings. The molecule has 6 heteroatoms. The van der Waals surface area contributed by atoms with Crippen LogP contribution in [0.2, 0.25) is 0 Å². The first-order chi connectivity index (χ1) is 11.3. The Balaban J connectivity index is 0.00000288. The van der Waals surface area contributed by atoms with Crippen molar-refractivity contribution in [1.29, 1.82) is 0 Å². The number of ether oxygens (including phenoxy) is 2. The summed E-state index contributed by atoms with van der Waals surface area (Å²) < 4.78 is 10.9. The summed E-state index contributed by atoms with van der Waals surface area (Å²) in [6, 6.07) is 8.28. The molecule has 0 aliphatic heterocycles. The minimum atomic E-state index is 0. The van der Waals surface area contributed by atoms with Crippen molar-refractivity contribution in [3.05, 3.63) is 35.4 Å². The van der Waals surface area contributed by atoms with E-state index in [9.17, 15) is 0 Å². The van der Waals surface area contributed by atoms with E-state index in [1.54, 1.807) is 14.2 Å². The molecule has 5 nitrogen and oxygen atoms in total. The molecule has 0 heterocycles. The van der Waals surface area contributed by atoms with Crippen LogP contribution in [0, 0.1) is 5.92 Å². The molecular weight excluding hydrogens is 417 g/mol. The van der Waals surface area contributed by atoms with Gasteiger partial charge in [-0.25, -0.2) is 0 Å². The lowest BCUT2D eigenvalue weighted by molar-refractivity contribution is 0.123. The van der Waals surface area contributed by atoms with Crippen LogP contribution in [0.5, 0.6) is 0 Å². The van der Waals surface area contributed by atoms with Crippen molar-refractivity contribution in [2.75, 3.05) is 33.9 Å². The lowest BCUT2D eigenvalue weighted by Crippen LogP contribution is -2.37. The van der Waals surface area contributed by atoms with Crippen LogP contribution < -0.4 is 10.6 Å². The fourth-order valence-corrected chi connectivity index (χ4v) is 2.34. The predicted octanol–water partition coefficient (Wildman–Crippen LogP) is 2.93. The number of nitrogens with one attached hydrogen (secondary N) is 2. The van der Waals surface area contributed by atoms with Crippen LogP contribution in [0.4, 0.5) is 0 Å². The van der Waals surface area contributed by atoms with Crippen LogP contribution in [0.25, 0.3) is 0 Å². The first-order valence-corrected chi connectivity index (χ1v) is 8.41. The fraction of sp³-hybridized carbons (Fsp3) is 0.611. The van der Waals surface area contributed by atoms with E-state index in [0.717, 1.165) is 44.6 Å². The van der Waals surface area contributed by atoms with Crippen LogP contribution in [0.3, 0.4) is 0 Å². The number of hydrogen-bond acceptors (Lipinski definition) is 3. The monoisotopic (exact) mass is 447 g/mol. The zero-order valence-electron chi connectivity index (χ0n) is 14.7. The molecule has 1 saturated carbocycles. The van der Waals surface area contributed by atoms with Gasteiger partial charge in [-0.3, -0.25) is 4.99 Å². The maximum absolute atomic E-state index is 5.63. The number of benzene rings is 1. The summed E-state index contributed by atoms with van der Waals surface area (Å²) in [7, 11) is 3.51. The van der Waals surface area contributed by atoms with Crippen LogP contribution in [-0.2, 0) is 22.6 Å². The third-order valence-corrected chi connectivity index (χ3v) is 3.90. The summed E-state index contributed by atoms with van der Waals surface area (Å²) in [6.45, 7) is 3.98. The quantitative estimate of drug-likeness (QED) is 0.251. The van der Waals surface area contributed by atoms with Crippen molar-refractivity contribution in [2.24, 2.45) is 10.9 Å². The topological polar surface area (TPSA) is 54.9 Å². The normalized spacial score (nSPS) is 14.2. The van der Waals surface area contributed by atoms with Crippen molar-refractivity contribution in [3.63, 3.8) is 0 Å². The number of nitrogens with zero attached hydrogens (tertiary/aromatic N) is 1. The van der Waals surface area contributed by atoms with Gasteiger partial charge in [0.2, 0.25) is 0 Å². The van der Waals surface area contributed by atoms with Gasteiger partial charge in [-0.15, -0.1) is 24.0 Å². The highest BCUT2D eigenvalue weighted by atomic mass is 127. The Kier molecular flexibility index (Phi) is 11.0. The lowest BCUT2D eigenvalue weighted by Gasteiger charge is -2.14. The van der Waals surface area contributed by atoms with Crippen molar-refractivity contribution < 1.29 is 9.47 Å². The molecule has 1 aromatic carbocycles. The van der Waals surface area contributed by atoms with E-state index in [1.165, 1.54) is 24.0 Å². The van der Waals surface area contributed by atoms with Gasteiger partial charge in [0.1, 0.15) is 0 Å². The van der Waals surface area contributed by atoms with Crippen molar-refractivity contribution >= 4 is 29.9 Å². The lowest BCUT2D eigenvalue weighted by atomic mass is 10.1. The number of halogens is 1. The molecule has 0 saturated heterocycles. The molecule has 0 atom stereocenters. The number of hydrogen-bond donors (Lipinski definition) is 2. The average molecular weight is 447 g/mol. The van der Waals surface area contributed by atoms with Gasteiger partial charge in [-0.05, 0) is 36.3 Å². The molecule has 0 radical (unpaired) electrons. The van der Waals surface area contributed by atoms with E-state index in [-0.39, 0.29) is 24.0 Å². The van der Waals surface area contributed by atoms with Gasteiger partial charge >= 0.3 is 0 Å². The zero-order chi connectivity index (χ0) is 16.3. The standard InChI is InChI=1S/C18H29N3O2.HI/c1-19-18(20-10-5-11-23-13-15-8-9-15)21-12-16-6-3-4-7-17(16)14-22-2;/h3-4,6-7,15H,5,8-14H2,1-2H3,(H2,19,20,21);1H. The second kappa shape index (κ2) is 12.5. The summed E-state index contributed by atoms with van der Waals surface area (Å²) in [5.74, 6) is 1.66. The van der Waals surface area contributed by atoms with Crippen LogP contribution in [-0.4, -0.2) is 39.9 Å². The average Bonchev–Trinajstić information content (AvgIpc) is 3.39. The van der Waals surface area contributed by atoms with Crippen molar-refractivity contribution in [3.8, 4) is 0 Å². The number of aliphatic imine (C=N–C) groups is 1. The molecule has 0 spiro atoms. The Morgan fingerprint density at radius 3 is 2.62 bits per heavy atom. The highest BCUT2D eigenvalue weighted by Crippen LogP contribution is 2.28. The summed E-state index contributed by atoms with van der Waals surface area (Å²) in [5.41, 5.74) is 2.43. The molecule has 1 aliphatic carbocycles. The summed E-state index contributed by atoms with van der Waals surface area (Å²) in [4.78, 5) is 4.26. The van der Waals surface area contributed by atoms with Gasteiger partial charge in [-0.2, -0.15) is 0 Å². The predicted molar refractivity (Wildman–Crippen MR) is 109 cm³/mol. The van der Waals surface area contributed by atoms with Gasteiger partial charge < -0.3 is 20.1 Å². The Hall–Kier alpha value is -0.860. The minimum absolute atomic E-state index is 0. The van der Waals surface area contributed by atoms with Gasteiger partial charge in [0, 0.05) is 40.5 Å². The second-order valence-electron chi connectivity index (χ2n) is 5.93. The SMILES string of the molecule is CN=C(NCCCOCC1CC1)NCc1ccccc1COC.I. The van der Waals surface area contributed by atoms with E-state index in [2.05, 4.69) is 27.8 Å². The first kappa shape index (κ1) is 21.2. The van der Waals surface area contributed by atoms with Gasteiger partial charge in [-0.1, -0.05) is 24.3 Å². The summed E-state index contributed by atoms with van der Waals surface area (Å²) >= 11 is 0. The Labute approximate surface area is 162 Å². The largest absolute Gasteiger partial charge is 0.381 e. The van der Waals surface area contributed by atoms with Crippen molar-refractivity contribution in [2.45, 2.75) is 32.4 Å². The first-order valence-electron chi connectivity index (χ1n) is 8.41. The van der Waals surface area contributed by atoms with E-state index < -0.39 is 0 Å². The van der Waals surface area contributed by atoms with Gasteiger partial charge in [0.15, 0.2) is 5.96 Å². The molecule has 0 unspecified atom stereocenters.